The normalized spacial score (nSPS) is 14.1. The van der Waals surface area contributed by atoms with E-state index in [1.165, 1.54) is 0 Å². The van der Waals surface area contributed by atoms with Crippen LogP contribution in [0.1, 0.15) is 20.7 Å². The van der Waals surface area contributed by atoms with Gasteiger partial charge in [0.15, 0.2) is 0 Å². The predicted molar refractivity (Wildman–Crippen MR) is 98.5 cm³/mol. The molecule has 0 spiro atoms. The topological polar surface area (TPSA) is 34.1 Å². The molecule has 0 aliphatic carbocycles. The molecular weight excluding hydrogens is 392 g/mol. The molecule has 112 valence electrons. The summed E-state index contributed by atoms with van der Waals surface area (Å²) >= 11 is 5.82. The minimum absolute atomic E-state index is 0.0427. The van der Waals surface area contributed by atoms with E-state index >= 15 is 0 Å². The maximum absolute atomic E-state index is 12.7. The molecule has 0 saturated heterocycles. The van der Waals surface area contributed by atoms with E-state index in [-0.39, 0.29) is 10.2 Å². The molecule has 0 N–H and O–H groups in total. The van der Waals surface area contributed by atoms with Crippen LogP contribution in [0.15, 0.2) is 68.9 Å². The molecule has 0 bridgehead atoms. The molecule has 0 saturated carbocycles. The number of carbonyl (C=O) groups is 2. The van der Waals surface area contributed by atoms with Crippen LogP contribution in [0.25, 0.3) is 10.8 Å². The lowest BCUT2D eigenvalue weighted by Gasteiger charge is -2.16. The number of halogens is 1. The van der Waals surface area contributed by atoms with Gasteiger partial charge in [0.1, 0.15) is 0 Å². The Hall–Kier alpha value is -1.56. The summed E-state index contributed by atoms with van der Waals surface area (Å²) in [6.07, 6.45) is 0. The SMILES string of the molecule is O=C1Sc2c(cc3ccccc3c2Br)C(=O)Sc2ccccc21. The molecule has 0 aromatic heterocycles. The molecule has 3 aromatic carbocycles. The third-order valence-electron chi connectivity index (χ3n) is 3.67. The van der Waals surface area contributed by atoms with Crippen LogP contribution in [-0.4, -0.2) is 10.2 Å². The van der Waals surface area contributed by atoms with Gasteiger partial charge in [-0.3, -0.25) is 9.59 Å². The van der Waals surface area contributed by atoms with Gasteiger partial charge in [-0.05, 0) is 68.4 Å². The van der Waals surface area contributed by atoms with Crippen LogP contribution in [-0.2, 0) is 0 Å². The highest BCUT2D eigenvalue weighted by Gasteiger charge is 2.26. The van der Waals surface area contributed by atoms with Crippen LogP contribution >= 0.6 is 39.5 Å². The molecule has 5 heteroatoms. The molecule has 1 aliphatic rings. The zero-order valence-electron chi connectivity index (χ0n) is 11.7. The summed E-state index contributed by atoms with van der Waals surface area (Å²) in [4.78, 5) is 26.8. The van der Waals surface area contributed by atoms with E-state index in [0.29, 0.717) is 20.9 Å². The van der Waals surface area contributed by atoms with Crippen molar-refractivity contribution >= 4 is 60.5 Å². The monoisotopic (exact) mass is 400 g/mol. The quantitative estimate of drug-likeness (QED) is 0.478. The lowest BCUT2D eigenvalue weighted by atomic mass is 10.1. The number of benzene rings is 3. The van der Waals surface area contributed by atoms with E-state index in [9.17, 15) is 9.59 Å². The van der Waals surface area contributed by atoms with Gasteiger partial charge in [0.05, 0.1) is 0 Å². The third-order valence-corrected chi connectivity index (χ3v) is 6.77. The minimum Gasteiger partial charge on any atom is -0.281 e. The van der Waals surface area contributed by atoms with Crippen LogP contribution < -0.4 is 0 Å². The second-order valence-corrected chi connectivity index (χ2v) is 7.85. The predicted octanol–water partition coefficient (Wildman–Crippen LogP) is 5.78. The van der Waals surface area contributed by atoms with Crippen molar-refractivity contribution in [3.05, 3.63) is 70.2 Å². The average molecular weight is 401 g/mol. The van der Waals surface area contributed by atoms with E-state index in [2.05, 4.69) is 15.9 Å². The van der Waals surface area contributed by atoms with Gasteiger partial charge < -0.3 is 0 Å². The summed E-state index contributed by atoms with van der Waals surface area (Å²) in [7, 11) is 0. The zero-order chi connectivity index (χ0) is 16.0. The van der Waals surface area contributed by atoms with Gasteiger partial charge in [-0.1, -0.05) is 36.4 Å². The number of hydrogen-bond acceptors (Lipinski definition) is 4. The van der Waals surface area contributed by atoms with Gasteiger partial charge in [0.2, 0.25) is 10.2 Å². The summed E-state index contributed by atoms with van der Waals surface area (Å²) in [6.45, 7) is 0. The van der Waals surface area contributed by atoms with Crippen molar-refractivity contribution in [3.63, 3.8) is 0 Å². The molecule has 1 heterocycles. The first-order chi connectivity index (χ1) is 11.1. The highest BCUT2D eigenvalue weighted by atomic mass is 79.9. The lowest BCUT2D eigenvalue weighted by Crippen LogP contribution is -2.06. The molecule has 3 aromatic rings. The summed E-state index contributed by atoms with van der Waals surface area (Å²) in [5, 5.41) is 1.89. The summed E-state index contributed by atoms with van der Waals surface area (Å²) in [5.74, 6) is 0. The molecule has 4 rings (SSSR count). The van der Waals surface area contributed by atoms with Crippen molar-refractivity contribution in [2.75, 3.05) is 0 Å². The van der Waals surface area contributed by atoms with Crippen molar-refractivity contribution < 1.29 is 9.59 Å². The summed E-state index contributed by atoms with van der Waals surface area (Å²) in [5.41, 5.74) is 1.16. The highest BCUT2D eigenvalue weighted by Crippen LogP contribution is 2.43. The van der Waals surface area contributed by atoms with Crippen molar-refractivity contribution in [1.82, 2.24) is 0 Å². The molecule has 23 heavy (non-hydrogen) atoms. The largest absolute Gasteiger partial charge is 0.281 e. The highest BCUT2D eigenvalue weighted by molar-refractivity contribution is 9.10. The van der Waals surface area contributed by atoms with E-state index in [4.69, 9.17) is 0 Å². The van der Waals surface area contributed by atoms with E-state index in [1.807, 2.05) is 48.5 Å². The fourth-order valence-corrected chi connectivity index (χ4v) is 5.33. The molecule has 0 amide bonds. The zero-order valence-corrected chi connectivity index (χ0v) is 14.9. The number of hydrogen-bond donors (Lipinski definition) is 0. The Balaban J connectivity index is 1.98. The third kappa shape index (κ3) is 2.53. The molecule has 0 radical (unpaired) electrons. The standard InChI is InChI=1S/C18H9BrO2S2/c19-15-11-6-2-1-5-10(11)9-13-16(15)23-17(20)12-7-3-4-8-14(12)22-18(13)21/h1-9H. The van der Waals surface area contributed by atoms with E-state index in [1.54, 1.807) is 6.07 Å². The first kappa shape index (κ1) is 15.0. The Morgan fingerprint density at radius 1 is 0.783 bits per heavy atom. The van der Waals surface area contributed by atoms with Crippen molar-refractivity contribution in [2.45, 2.75) is 9.79 Å². The first-order valence-corrected chi connectivity index (χ1v) is 9.32. The second kappa shape index (κ2) is 5.82. The van der Waals surface area contributed by atoms with Crippen LogP contribution in [0.2, 0.25) is 0 Å². The maximum atomic E-state index is 12.7. The van der Waals surface area contributed by atoms with Gasteiger partial charge in [-0.2, -0.15) is 0 Å². The van der Waals surface area contributed by atoms with Crippen molar-refractivity contribution in [3.8, 4) is 0 Å². The van der Waals surface area contributed by atoms with Crippen LogP contribution in [0.4, 0.5) is 0 Å². The van der Waals surface area contributed by atoms with Gasteiger partial charge in [-0.25, -0.2) is 0 Å². The van der Waals surface area contributed by atoms with Gasteiger partial charge >= 0.3 is 0 Å². The molecule has 2 nitrogen and oxygen atoms in total. The first-order valence-electron chi connectivity index (χ1n) is 6.90. The Morgan fingerprint density at radius 2 is 1.48 bits per heavy atom. The van der Waals surface area contributed by atoms with E-state index < -0.39 is 0 Å². The van der Waals surface area contributed by atoms with Crippen molar-refractivity contribution in [2.24, 2.45) is 0 Å². The molecule has 0 unspecified atom stereocenters. The summed E-state index contributed by atoms with van der Waals surface area (Å²) in [6, 6.07) is 17.0. The number of fused-ring (bicyclic) bond motifs is 3. The van der Waals surface area contributed by atoms with Crippen LogP contribution in [0.3, 0.4) is 0 Å². The summed E-state index contributed by atoms with van der Waals surface area (Å²) < 4.78 is 0.803. The average Bonchev–Trinajstić information content (AvgIpc) is 2.56. The Morgan fingerprint density at radius 3 is 2.35 bits per heavy atom. The Labute approximate surface area is 149 Å². The second-order valence-electron chi connectivity index (χ2n) is 5.06. The maximum Gasteiger partial charge on any atom is 0.225 e. The molecule has 0 fully saturated rings. The molecular formula is C18H9BrO2S2. The lowest BCUT2D eigenvalue weighted by molar-refractivity contribution is 0.108. The van der Waals surface area contributed by atoms with Crippen LogP contribution in [0, 0.1) is 0 Å². The molecule has 1 aliphatic heterocycles. The van der Waals surface area contributed by atoms with Crippen LogP contribution in [0.5, 0.6) is 0 Å². The Kier molecular flexibility index (Phi) is 3.79. The van der Waals surface area contributed by atoms with Crippen molar-refractivity contribution in [1.29, 1.82) is 0 Å². The van der Waals surface area contributed by atoms with Gasteiger partial charge in [0.25, 0.3) is 0 Å². The number of rotatable bonds is 0. The smallest absolute Gasteiger partial charge is 0.225 e. The van der Waals surface area contributed by atoms with Gasteiger partial charge in [0, 0.05) is 25.4 Å². The fourth-order valence-electron chi connectivity index (χ4n) is 2.56. The van der Waals surface area contributed by atoms with Gasteiger partial charge in [-0.15, -0.1) is 0 Å². The Bertz CT molecular complexity index is 982. The van der Waals surface area contributed by atoms with E-state index in [0.717, 1.165) is 38.8 Å². The number of thioether (sulfide) groups is 2. The fraction of sp³-hybridized carbons (Fsp3) is 0. The minimum atomic E-state index is -0.0437. The number of carbonyl (C=O) groups excluding carboxylic acids is 2. The molecule has 0 atom stereocenters.